The van der Waals surface area contributed by atoms with Crippen LogP contribution in [0, 0.1) is 11.8 Å². The minimum absolute atomic E-state index is 0.0701. The molecule has 2 aromatic heterocycles. The predicted molar refractivity (Wildman–Crippen MR) is 120 cm³/mol. The zero-order chi connectivity index (χ0) is 24.4. The Labute approximate surface area is 195 Å². The molecule has 2 fully saturated rings. The van der Waals surface area contributed by atoms with Gasteiger partial charge < -0.3 is 30.9 Å². The van der Waals surface area contributed by atoms with Gasteiger partial charge >= 0.3 is 0 Å². The number of rotatable bonds is 4. The standard InChI is InChI=1S/C21H28N8O5/c1-3-23-20(33)17-15(31)16(32)21(34-17)29-11-24-14-18(22)25-13(26-19(14)29)5-4-6-27-7-9-28(10-8-27)12(2)30/h11,15-17,21,31-32H,3,6-10H2,1-2H3,(H,23,33)(H2,22,25,26)/t15?,16?,17-,21+/m0/s1. The number of carbonyl (C=O) groups excluding carboxylic acids is 2. The highest BCUT2D eigenvalue weighted by atomic mass is 16.6. The molecule has 0 bridgehead atoms. The summed E-state index contributed by atoms with van der Waals surface area (Å²) in [5, 5.41) is 23.4. The van der Waals surface area contributed by atoms with Crippen molar-refractivity contribution in [2.24, 2.45) is 0 Å². The molecular formula is C21H28N8O5. The van der Waals surface area contributed by atoms with Crippen molar-refractivity contribution in [3.8, 4) is 11.8 Å². The van der Waals surface area contributed by atoms with Gasteiger partial charge in [0.15, 0.2) is 23.8 Å². The van der Waals surface area contributed by atoms with E-state index in [4.69, 9.17) is 10.5 Å². The van der Waals surface area contributed by atoms with Gasteiger partial charge in [0.2, 0.25) is 11.7 Å². The molecule has 2 amide bonds. The molecule has 2 unspecified atom stereocenters. The number of imidazole rings is 1. The Morgan fingerprint density at radius 3 is 2.65 bits per heavy atom. The second kappa shape index (κ2) is 9.90. The number of aliphatic hydroxyl groups is 2. The first-order valence-corrected chi connectivity index (χ1v) is 11.1. The normalized spacial score (nSPS) is 25.2. The smallest absolute Gasteiger partial charge is 0.252 e. The van der Waals surface area contributed by atoms with Crippen molar-refractivity contribution >= 4 is 28.8 Å². The van der Waals surface area contributed by atoms with Crippen LogP contribution >= 0.6 is 0 Å². The molecule has 4 atom stereocenters. The molecule has 0 aliphatic carbocycles. The van der Waals surface area contributed by atoms with Crippen molar-refractivity contribution in [1.82, 2.24) is 34.6 Å². The molecule has 0 aromatic carbocycles. The Hall–Kier alpha value is -3.31. The second-order valence-electron chi connectivity index (χ2n) is 8.16. The highest BCUT2D eigenvalue weighted by Crippen LogP contribution is 2.32. The summed E-state index contributed by atoms with van der Waals surface area (Å²) in [5.74, 6) is 5.75. The summed E-state index contributed by atoms with van der Waals surface area (Å²) in [6.45, 7) is 6.94. The fraction of sp³-hybridized carbons (Fsp3) is 0.571. The predicted octanol–water partition coefficient (Wildman–Crippen LogP) is -2.32. The highest BCUT2D eigenvalue weighted by Gasteiger charge is 2.47. The summed E-state index contributed by atoms with van der Waals surface area (Å²) in [6.07, 6.45) is -3.78. The molecule has 0 spiro atoms. The Kier molecular flexibility index (Phi) is 6.94. The number of nitrogens with one attached hydrogen (secondary N) is 1. The summed E-state index contributed by atoms with van der Waals surface area (Å²) in [4.78, 5) is 40.3. The fourth-order valence-electron chi connectivity index (χ4n) is 4.01. The number of likely N-dealkylation sites (N-methyl/N-ethyl adjacent to an activating group) is 1. The zero-order valence-corrected chi connectivity index (χ0v) is 19.0. The molecule has 2 saturated heterocycles. The molecule has 182 valence electrons. The number of hydrogen-bond acceptors (Lipinski definition) is 10. The van der Waals surface area contributed by atoms with Crippen molar-refractivity contribution in [1.29, 1.82) is 0 Å². The first-order chi connectivity index (χ1) is 16.3. The first-order valence-electron chi connectivity index (χ1n) is 11.1. The Morgan fingerprint density at radius 2 is 1.97 bits per heavy atom. The zero-order valence-electron chi connectivity index (χ0n) is 19.0. The summed E-state index contributed by atoms with van der Waals surface area (Å²) >= 11 is 0. The topological polar surface area (TPSA) is 172 Å². The Morgan fingerprint density at radius 1 is 1.24 bits per heavy atom. The van der Waals surface area contributed by atoms with Gasteiger partial charge in [0, 0.05) is 39.6 Å². The lowest BCUT2D eigenvalue weighted by molar-refractivity contribution is -0.137. The van der Waals surface area contributed by atoms with Gasteiger partial charge in [-0.25, -0.2) is 15.0 Å². The number of fused-ring (bicyclic) bond motifs is 1. The third-order valence-corrected chi connectivity index (χ3v) is 5.89. The molecule has 13 nitrogen and oxygen atoms in total. The van der Waals surface area contributed by atoms with Crippen molar-refractivity contribution in [2.45, 2.75) is 38.4 Å². The van der Waals surface area contributed by atoms with E-state index in [1.54, 1.807) is 18.7 Å². The van der Waals surface area contributed by atoms with Crippen molar-refractivity contribution < 1.29 is 24.5 Å². The number of aromatic nitrogens is 4. The number of nitrogen functional groups attached to an aromatic ring is 1. The molecule has 2 aromatic rings. The SMILES string of the molecule is CCNC(=O)[C@H]1O[C@@H](n2cnc3c(N)nc(C#CCN4CCN(C(C)=O)CC4)nc32)C(O)C1O. The van der Waals surface area contributed by atoms with Crippen LogP contribution in [0.5, 0.6) is 0 Å². The number of carbonyl (C=O) groups is 2. The van der Waals surface area contributed by atoms with Gasteiger partial charge in [-0.3, -0.25) is 19.1 Å². The monoisotopic (exact) mass is 472 g/mol. The van der Waals surface area contributed by atoms with E-state index < -0.39 is 30.4 Å². The number of ether oxygens (including phenoxy) is 1. The van der Waals surface area contributed by atoms with Gasteiger partial charge in [0.25, 0.3) is 5.91 Å². The largest absolute Gasteiger partial charge is 0.387 e. The molecule has 5 N–H and O–H groups in total. The lowest BCUT2D eigenvalue weighted by atomic mass is 10.1. The maximum Gasteiger partial charge on any atom is 0.252 e. The molecule has 2 aliphatic heterocycles. The van der Waals surface area contributed by atoms with Crippen LogP contribution < -0.4 is 11.1 Å². The van der Waals surface area contributed by atoms with E-state index in [2.05, 4.69) is 37.0 Å². The average molecular weight is 473 g/mol. The number of hydrogen-bond donors (Lipinski definition) is 4. The summed E-state index contributed by atoms with van der Waals surface area (Å²) in [7, 11) is 0. The minimum atomic E-state index is -1.42. The fourth-order valence-corrected chi connectivity index (χ4v) is 4.01. The van der Waals surface area contributed by atoms with Crippen molar-refractivity contribution in [2.75, 3.05) is 45.0 Å². The van der Waals surface area contributed by atoms with Gasteiger partial charge in [-0.05, 0) is 12.8 Å². The van der Waals surface area contributed by atoms with Crippen LogP contribution in [0.1, 0.15) is 25.9 Å². The maximum atomic E-state index is 12.2. The van der Waals surface area contributed by atoms with Crippen molar-refractivity contribution in [3.05, 3.63) is 12.2 Å². The number of amides is 2. The lowest BCUT2D eigenvalue weighted by Crippen LogP contribution is -2.47. The van der Waals surface area contributed by atoms with Gasteiger partial charge in [-0.1, -0.05) is 5.92 Å². The van der Waals surface area contributed by atoms with E-state index in [-0.39, 0.29) is 28.7 Å². The number of piperazine rings is 1. The number of anilines is 1. The van der Waals surface area contributed by atoms with Crippen LogP contribution in [-0.4, -0.2) is 109 Å². The van der Waals surface area contributed by atoms with Crippen molar-refractivity contribution in [3.63, 3.8) is 0 Å². The maximum absolute atomic E-state index is 12.2. The number of aliphatic hydroxyl groups excluding tert-OH is 2. The molecule has 0 saturated carbocycles. The third-order valence-electron chi connectivity index (χ3n) is 5.89. The molecular weight excluding hydrogens is 444 g/mol. The molecule has 0 radical (unpaired) electrons. The quantitative estimate of drug-likeness (QED) is 0.354. The first kappa shape index (κ1) is 23.8. The molecule has 2 aliphatic rings. The molecule has 13 heteroatoms. The van der Waals surface area contributed by atoms with Crippen LogP contribution in [0.4, 0.5) is 5.82 Å². The van der Waals surface area contributed by atoms with Crippen LogP contribution in [-0.2, 0) is 14.3 Å². The summed E-state index contributed by atoms with van der Waals surface area (Å²) in [6, 6.07) is 0. The van der Waals surface area contributed by atoms with Crippen LogP contribution in [0.15, 0.2) is 6.33 Å². The number of nitrogens with two attached hydrogens (primary N) is 1. The van der Waals surface area contributed by atoms with Crippen LogP contribution in [0.2, 0.25) is 0 Å². The van der Waals surface area contributed by atoms with E-state index in [1.165, 1.54) is 10.9 Å². The van der Waals surface area contributed by atoms with Gasteiger partial charge in [-0.2, -0.15) is 0 Å². The van der Waals surface area contributed by atoms with Gasteiger partial charge in [0.05, 0.1) is 12.9 Å². The molecule has 34 heavy (non-hydrogen) atoms. The molecule has 4 heterocycles. The van der Waals surface area contributed by atoms with Gasteiger partial charge in [-0.15, -0.1) is 0 Å². The summed E-state index contributed by atoms with van der Waals surface area (Å²) in [5.41, 5.74) is 6.60. The Balaban J connectivity index is 1.52. The van der Waals surface area contributed by atoms with Gasteiger partial charge in [0.1, 0.15) is 17.7 Å². The van der Waals surface area contributed by atoms with E-state index in [9.17, 15) is 19.8 Å². The van der Waals surface area contributed by atoms with E-state index >= 15 is 0 Å². The number of nitrogens with zero attached hydrogens (tertiary/aromatic N) is 6. The highest BCUT2D eigenvalue weighted by molar-refractivity contribution is 5.83. The van der Waals surface area contributed by atoms with E-state index in [0.29, 0.717) is 26.2 Å². The second-order valence-corrected chi connectivity index (χ2v) is 8.16. The Bertz CT molecular complexity index is 1130. The summed E-state index contributed by atoms with van der Waals surface area (Å²) < 4.78 is 7.07. The molecule has 4 rings (SSSR count). The van der Waals surface area contributed by atoms with E-state index in [1.807, 2.05) is 0 Å². The third kappa shape index (κ3) is 4.66. The average Bonchev–Trinajstić information content (AvgIpc) is 3.36. The minimum Gasteiger partial charge on any atom is -0.387 e. The van der Waals surface area contributed by atoms with Crippen LogP contribution in [0.3, 0.4) is 0 Å². The van der Waals surface area contributed by atoms with E-state index in [0.717, 1.165) is 13.1 Å². The lowest BCUT2D eigenvalue weighted by Gasteiger charge is -2.32. The van der Waals surface area contributed by atoms with Crippen LogP contribution in [0.25, 0.3) is 11.2 Å².